The van der Waals surface area contributed by atoms with Gasteiger partial charge in [-0.25, -0.2) is 0 Å². The molecule has 0 bridgehead atoms. The van der Waals surface area contributed by atoms with E-state index in [9.17, 15) is 4.79 Å². The maximum absolute atomic E-state index is 12.8. The summed E-state index contributed by atoms with van der Waals surface area (Å²) in [6.45, 7) is 4.06. The van der Waals surface area contributed by atoms with Crippen LogP contribution in [0, 0.1) is 6.92 Å². The second-order valence-electron chi connectivity index (χ2n) is 6.75. The standard InChI is InChI=1S/C21H23NO3S/c1-15-4-2-3-5-17(15)20-8-9-22(10-11-26-20)21(23)13-16-6-7-18-19(12-16)25-14-24-18/h2-7,12,20H,8-11,13-14H2,1H3. The van der Waals surface area contributed by atoms with Gasteiger partial charge in [-0.05, 0) is 42.2 Å². The van der Waals surface area contributed by atoms with Crippen molar-refractivity contribution >= 4 is 17.7 Å². The van der Waals surface area contributed by atoms with Gasteiger partial charge in [-0.1, -0.05) is 30.3 Å². The van der Waals surface area contributed by atoms with Crippen molar-refractivity contribution in [2.24, 2.45) is 0 Å². The van der Waals surface area contributed by atoms with Crippen molar-refractivity contribution < 1.29 is 14.3 Å². The molecule has 0 radical (unpaired) electrons. The van der Waals surface area contributed by atoms with Gasteiger partial charge >= 0.3 is 0 Å². The molecule has 1 unspecified atom stereocenters. The molecule has 26 heavy (non-hydrogen) atoms. The predicted molar refractivity (Wildman–Crippen MR) is 104 cm³/mol. The zero-order chi connectivity index (χ0) is 17.9. The van der Waals surface area contributed by atoms with Crippen LogP contribution in [-0.4, -0.2) is 36.4 Å². The molecular weight excluding hydrogens is 346 g/mol. The topological polar surface area (TPSA) is 38.8 Å². The zero-order valence-corrected chi connectivity index (χ0v) is 15.8. The van der Waals surface area contributed by atoms with Crippen LogP contribution in [0.5, 0.6) is 11.5 Å². The number of thioether (sulfide) groups is 1. The van der Waals surface area contributed by atoms with E-state index in [1.54, 1.807) is 0 Å². The van der Waals surface area contributed by atoms with Gasteiger partial charge in [0, 0.05) is 24.1 Å². The number of hydrogen-bond donors (Lipinski definition) is 0. The molecule has 0 spiro atoms. The fraction of sp³-hybridized carbons (Fsp3) is 0.381. The van der Waals surface area contributed by atoms with Gasteiger partial charge in [-0.15, -0.1) is 0 Å². The van der Waals surface area contributed by atoms with Crippen LogP contribution in [0.15, 0.2) is 42.5 Å². The summed E-state index contributed by atoms with van der Waals surface area (Å²) < 4.78 is 10.7. The molecule has 1 fully saturated rings. The van der Waals surface area contributed by atoms with Crippen molar-refractivity contribution in [3.05, 3.63) is 59.2 Å². The minimum atomic E-state index is 0.190. The van der Waals surface area contributed by atoms with Gasteiger partial charge in [0.1, 0.15) is 0 Å². The molecule has 2 heterocycles. The number of carbonyl (C=O) groups is 1. The van der Waals surface area contributed by atoms with Crippen LogP contribution in [0.25, 0.3) is 0 Å². The minimum absolute atomic E-state index is 0.190. The maximum atomic E-state index is 12.8. The van der Waals surface area contributed by atoms with E-state index in [2.05, 4.69) is 31.2 Å². The van der Waals surface area contributed by atoms with Crippen molar-refractivity contribution in [1.29, 1.82) is 0 Å². The Morgan fingerprint density at radius 3 is 2.88 bits per heavy atom. The van der Waals surface area contributed by atoms with Gasteiger partial charge in [-0.3, -0.25) is 4.79 Å². The Bertz CT molecular complexity index is 808. The molecule has 1 amide bonds. The van der Waals surface area contributed by atoms with E-state index in [4.69, 9.17) is 9.47 Å². The van der Waals surface area contributed by atoms with E-state index in [1.165, 1.54) is 11.1 Å². The Hall–Kier alpha value is -2.14. The fourth-order valence-corrected chi connectivity index (χ4v) is 4.88. The Morgan fingerprint density at radius 1 is 1.15 bits per heavy atom. The highest BCUT2D eigenvalue weighted by Crippen LogP contribution is 2.36. The third-order valence-electron chi connectivity index (χ3n) is 5.02. The first kappa shape index (κ1) is 17.3. The lowest BCUT2D eigenvalue weighted by Crippen LogP contribution is -2.34. The highest BCUT2D eigenvalue weighted by Gasteiger charge is 2.23. The molecule has 2 aliphatic heterocycles. The number of rotatable bonds is 3. The Morgan fingerprint density at radius 2 is 2.00 bits per heavy atom. The SMILES string of the molecule is Cc1ccccc1C1CCN(C(=O)Cc2ccc3c(c2)OCO3)CCS1. The zero-order valence-electron chi connectivity index (χ0n) is 14.9. The number of fused-ring (bicyclic) bond motifs is 1. The first-order chi connectivity index (χ1) is 12.7. The number of ether oxygens (including phenoxy) is 2. The number of benzene rings is 2. The summed E-state index contributed by atoms with van der Waals surface area (Å²) in [6, 6.07) is 14.3. The monoisotopic (exact) mass is 369 g/mol. The summed E-state index contributed by atoms with van der Waals surface area (Å²) >= 11 is 1.96. The highest BCUT2D eigenvalue weighted by molar-refractivity contribution is 7.99. The lowest BCUT2D eigenvalue weighted by atomic mass is 10.0. The average Bonchev–Trinajstić information content (AvgIpc) is 2.97. The summed E-state index contributed by atoms with van der Waals surface area (Å²) in [4.78, 5) is 14.8. The molecule has 4 rings (SSSR count). The van der Waals surface area contributed by atoms with Gasteiger partial charge in [0.25, 0.3) is 0 Å². The second kappa shape index (κ2) is 7.62. The molecule has 0 N–H and O–H groups in total. The maximum Gasteiger partial charge on any atom is 0.231 e. The van der Waals surface area contributed by atoms with Gasteiger partial charge in [-0.2, -0.15) is 11.8 Å². The number of carbonyl (C=O) groups excluding carboxylic acids is 1. The van der Waals surface area contributed by atoms with Crippen LogP contribution in [0.2, 0.25) is 0 Å². The predicted octanol–water partition coefficient (Wildman–Crippen LogP) is 3.97. The molecular formula is C21H23NO3S. The van der Waals surface area contributed by atoms with E-state index in [0.717, 1.165) is 42.3 Å². The first-order valence-corrected chi connectivity index (χ1v) is 10.1. The average molecular weight is 369 g/mol. The van der Waals surface area contributed by atoms with E-state index in [-0.39, 0.29) is 12.7 Å². The number of amides is 1. The molecule has 4 nitrogen and oxygen atoms in total. The van der Waals surface area contributed by atoms with Crippen molar-refractivity contribution in [3.8, 4) is 11.5 Å². The molecule has 1 saturated heterocycles. The Labute approximate surface area is 158 Å². The number of hydrogen-bond acceptors (Lipinski definition) is 4. The molecule has 1 atom stereocenters. The quantitative estimate of drug-likeness (QED) is 0.821. The Balaban J connectivity index is 1.39. The van der Waals surface area contributed by atoms with Gasteiger partial charge in [0.15, 0.2) is 11.5 Å². The summed E-state index contributed by atoms with van der Waals surface area (Å²) in [5.74, 6) is 2.66. The third-order valence-corrected chi connectivity index (χ3v) is 6.33. The summed E-state index contributed by atoms with van der Waals surface area (Å²) in [7, 11) is 0. The van der Waals surface area contributed by atoms with Gasteiger partial charge < -0.3 is 14.4 Å². The Kier molecular flexibility index (Phi) is 5.07. The normalized spacial score (nSPS) is 19.3. The molecule has 2 aromatic rings. The number of nitrogens with zero attached hydrogens (tertiary/aromatic N) is 1. The van der Waals surface area contributed by atoms with Crippen molar-refractivity contribution in [2.75, 3.05) is 25.6 Å². The molecule has 5 heteroatoms. The van der Waals surface area contributed by atoms with Crippen LogP contribution < -0.4 is 9.47 Å². The summed E-state index contributed by atoms with van der Waals surface area (Å²) in [6.07, 6.45) is 1.42. The van der Waals surface area contributed by atoms with Crippen LogP contribution in [0.3, 0.4) is 0 Å². The molecule has 0 saturated carbocycles. The van der Waals surface area contributed by atoms with Crippen molar-refractivity contribution in [3.63, 3.8) is 0 Å². The van der Waals surface area contributed by atoms with Crippen LogP contribution in [-0.2, 0) is 11.2 Å². The van der Waals surface area contributed by atoms with E-state index < -0.39 is 0 Å². The minimum Gasteiger partial charge on any atom is -0.454 e. The fourth-order valence-electron chi connectivity index (χ4n) is 3.55. The lowest BCUT2D eigenvalue weighted by molar-refractivity contribution is -0.130. The van der Waals surface area contributed by atoms with Crippen LogP contribution >= 0.6 is 11.8 Å². The van der Waals surface area contributed by atoms with E-state index >= 15 is 0 Å². The van der Waals surface area contributed by atoms with Crippen LogP contribution in [0.1, 0.15) is 28.4 Å². The molecule has 2 aromatic carbocycles. The third kappa shape index (κ3) is 3.68. The van der Waals surface area contributed by atoms with E-state index in [1.807, 2.05) is 34.9 Å². The highest BCUT2D eigenvalue weighted by atomic mass is 32.2. The molecule has 0 aliphatic carbocycles. The van der Waals surface area contributed by atoms with Crippen molar-refractivity contribution in [1.82, 2.24) is 4.90 Å². The lowest BCUT2D eigenvalue weighted by Gasteiger charge is -2.21. The number of aryl methyl sites for hydroxylation is 1. The van der Waals surface area contributed by atoms with Gasteiger partial charge in [0.05, 0.1) is 6.42 Å². The summed E-state index contributed by atoms with van der Waals surface area (Å²) in [5.41, 5.74) is 3.72. The van der Waals surface area contributed by atoms with Crippen LogP contribution in [0.4, 0.5) is 0 Å². The van der Waals surface area contributed by atoms with E-state index in [0.29, 0.717) is 11.7 Å². The largest absolute Gasteiger partial charge is 0.454 e. The molecule has 2 aliphatic rings. The van der Waals surface area contributed by atoms with Crippen molar-refractivity contribution in [2.45, 2.75) is 25.0 Å². The van der Waals surface area contributed by atoms with Gasteiger partial charge in [0.2, 0.25) is 12.7 Å². The summed E-state index contributed by atoms with van der Waals surface area (Å²) in [5, 5.41) is 0.472. The molecule has 136 valence electrons. The second-order valence-corrected chi connectivity index (χ2v) is 8.06. The first-order valence-electron chi connectivity index (χ1n) is 9.04. The molecule has 0 aromatic heterocycles. The smallest absolute Gasteiger partial charge is 0.231 e.